The van der Waals surface area contributed by atoms with Crippen LogP contribution in [0.15, 0.2) is 42.7 Å². The topological polar surface area (TPSA) is 53.8 Å². The Balaban J connectivity index is 1.48. The number of carbonyl (C=O) groups excluding carboxylic acids is 1. The first kappa shape index (κ1) is 17.4. The molecule has 3 aliphatic rings. The molecular formula is C25H24N2O. The molecule has 5 rings (SSSR count). The van der Waals surface area contributed by atoms with E-state index in [-0.39, 0.29) is 5.41 Å². The minimum absolute atomic E-state index is 0.164. The van der Waals surface area contributed by atoms with Crippen LogP contribution in [0.25, 0.3) is 5.57 Å². The van der Waals surface area contributed by atoms with Crippen molar-refractivity contribution < 1.29 is 4.79 Å². The molecule has 1 aromatic carbocycles. The Morgan fingerprint density at radius 2 is 2.14 bits per heavy atom. The fraction of sp³-hybridized carbons (Fsp3) is 0.400. The van der Waals surface area contributed by atoms with Gasteiger partial charge < -0.3 is 0 Å². The standard InChI is InChI=1S/C25H24N2O/c1-25-9-8-21-20-4-2-16(15-28)10-18(20)3-5-22(21)24(25)7-6-23(25)19-11-17(12-26)13-27-14-19/h2,4,6,10-11,13-15,21-22,24H,3,5,7-9H2,1H3. The Morgan fingerprint density at radius 3 is 2.96 bits per heavy atom. The third kappa shape index (κ3) is 2.48. The number of nitriles is 1. The largest absolute Gasteiger partial charge is 0.298 e. The van der Waals surface area contributed by atoms with Crippen LogP contribution in [-0.2, 0) is 6.42 Å². The van der Waals surface area contributed by atoms with Gasteiger partial charge in [0.1, 0.15) is 12.4 Å². The van der Waals surface area contributed by atoms with E-state index < -0.39 is 0 Å². The number of hydrogen-bond acceptors (Lipinski definition) is 3. The van der Waals surface area contributed by atoms with Gasteiger partial charge in [-0.1, -0.05) is 25.1 Å². The Bertz CT molecular complexity index is 1030. The van der Waals surface area contributed by atoms with Crippen LogP contribution in [0.1, 0.15) is 71.1 Å². The van der Waals surface area contributed by atoms with Gasteiger partial charge in [0.25, 0.3) is 0 Å². The van der Waals surface area contributed by atoms with Gasteiger partial charge in [-0.2, -0.15) is 5.26 Å². The average Bonchev–Trinajstić information content (AvgIpc) is 3.10. The minimum Gasteiger partial charge on any atom is -0.298 e. The fourth-order valence-electron chi connectivity index (χ4n) is 6.34. The molecule has 0 spiro atoms. The molecule has 0 radical (unpaired) electrons. The van der Waals surface area contributed by atoms with E-state index in [2.05, 4.69) is 36.2 Å². The predicted octanol–water partition coefficient (Wildman–Crippen LogP) is 5.32. The van der Waals surface area contributed by atoms with Crippen LogP contribution in [0.3, 0.4) is 0 Å². The Morgan fingerprint density at radius 1 is 1.25 bits per heavy atom. The van der Waals surface area contributed by atoms with Gasteiger partial charge in [0.05, 0.1) is 5.56 Å². The van der Waals surface area contributed by atoms with Crippen molar-refractivity contribution in [2.45, 2.75) is 44.9 Å². The van der Waals surface area contributed by atoms with Crippen molar-refractivity contribution in [1.82, 2.24) is 4.98 Å². The molecule has 1 fully saturated rings. The van der Waals surface area contributed by atoms with E-state index in [0.717, 1.165) is 36.7 Å². The van der Waals surface area contributed by atoms with E-state index in [9.17, 15) is 10.1 Å². The molecule has 4 unspecified atom stereocenters. The van der Waals surface area contributed by atoms with E-state index in [0.29, 0.717) is 23.3 Å². The molecule has 2 aromatic rings. The molecule has 0 amide bonds. The lowest BCUT2D eigenvalue weighted by Gasteiger charge is -2.50. The second-order valence-electron chi connectivity index (χ2n) is 8.88. The molecule has 28 heavy (non-hydrogen) atoms. The summed E-state index contributed by atoms with van der Waals surface area (Å²) in [4.78, 5) is 15.5. The van der Waals surface area contributed by atoms with Crippen molar-refractivity contribution in [3.63, 3.8) is 0 Å². The van der Waals surface area contributed by atoms with Crippen molar-refractivity contribution in [3.8, 4) is 6.07 Å². The number of pyridine rings is 1. The highest BCUT2D eigenvalue weighted by Crippen LogP contribution is 2.63. The normalized spacial score (nSPS) is 30.4. The molecule has 3 nitrogen and oxygen atoms in total. The Kier molecular flexibility index (Phi) is 3.98. The van der Waals surface area contributed by atoms with Crippen molar-refractivity contribution in [1.29, 1.82) is 5.26 Å². The first-order valence-electron chi connectivity index (χ1n) is 10.3. The number of hydrogen-bond donors (Lipinski definition) is 0. The summed E-state index contributed by atoms with van der Waals surface area (Å²) in [5.74, 6) is 1.94. The highest BCUT2D eigenvalue weighted by molar-refractivity contribution is 5.76. The summed E-state index contributed by atoms with van der Waals surface area (Å²) in [5, 5.41) is 9.25. The summed E-state index contributed by atoms with van der Waals surface area (Å²) in [7, 11) is 0. The van der Waals surface area contributed by atoms with E-state index >= 15 is 0 Å². The van der Waals surface area contributed by atoms with Crippen LogP contribution < -0.4 is 0 Å². The number of rotatable bonds is 2. The van der Waals surface area contributed by atoms with Gasteiger partial charge >= 0.3 is 0 Å². The quantitative estimate of drug-likeness (QED) is 0.675. The molecule has 0 saturated heterocycles. The third-order valence-corrected chi connectivity index (χ3v) is 7.65. The van der Waals surface area contributed by atoms with Crippen molar-refractivity contribution in [2.24, 2.45) is 17.3 Å². The molecule has 3 aliphatic carbocycles. The van der Waals surface area contributed by atoms with E-state index in [1.54, 1.807) is 6.20 Å². The van der Waals surface area contributed by atoms with Crippen molar-refractivity contribution >= 4 is 11.9 Å². The number of fused-ring (bicyclic) bond motifs is 5. The summed E-state index contributed by atoms with van der Waals surface area (Å²) in [6, 6.07) is 10.5. The molecule has 0 N–H and O–H groups in total. The molecule has 3 heteroatoms. The van der Waals surface area contributed by atoms with Gasteiger partial charge in [0.15, 0.2) is 0 Å². The molecule has 1 saturated carbocycles. The maximum Gasteiger partial charge on any atom is 0.150 e. The van der Waals surface area contributed by atoms with Crippen molar-refractivity contribution in [3.05, 3.63) is 70.6 Å². The lowest BCUT2D eigenvalue weighted by molar-refractivity contribution is 0.0885. The zero-order valence-electron chi connectivity index (χ0n) is 16.2. The van der Waals surface area contributed by atoms with Gasteiger partial charge in [-0.15, -0.1) is 0 Å². The number of allylic oxidation sites excluding steroid dienone is 2. The smallest absolute Gasteiger partial charge is 0.150 e. The van der Waals surface area contributed by atoms with Gasteiger partial charge in [-0.3, -0.25) is 9.78 Å². The Labute approximate surface area is 166 Å². The van der Waals surface area contributed by atoms with E-state index in [1.165, 1.54) is 29.5 Å². The number of nitrogens with zero attached hydrogens (tertiary/aromatic N) is 2. The van der Waals surface area contributed by atoms with Gasteiger partial charge in [-0.05, 0) is 89.7 Å². The first-order chi connectivity index (χ1) is 13.6. The molecule has 1 heterocycles. The maximum absolute atomic E-state index is 11.2. The summed E-state index contributed by atoms with van der Waals surface area (Å²) in [6.07, 6.45) is 12.7. The van der Waals surface area contributed by atoms with Crippen LogP contribution in [-0.4, -0.2) is 11.3 Å². The fourth-order valence-corrected chi connectivity index (χ4v) is 6.34. The average molecular weight is 368 g/mol. The third-order valence-electron chi connectivity index (χ3n) is 7.65. The van der Waals surface area contributed by atoms with Crippen LogP contribution in [0.2, 0.25) is 0 Å². The number of aromatic nitrogens is 1. The summed E-state index contributed by atoms with van der Waals surface area (Å²) >= 11 is 0. The van der Waals surface area contributed by atoms with Crippen LogP contribution in [0, 0.1) is 28.6 Å². The number of aldehydes is 1. The molecule has 4 atom stereocenters. The highest BCUT2D eigenvalue weighted by Gasteiger charge is 2.51. The highest BCUT2D eigenvalue weighted by atomic mass is 16.1. The molecule has 0 bridgehead atoms. The number of benzene rings is 1. The van der Waals surface area contributed by atoms with Crippen LogP contribution >= 0.6 is 0 Å². The van der Waals surface area contributed by atoms with E-state index in [1.807, 2.05) is 18.3 Å². The number of carbonyl (C=O) groups is 1. The van der Waals surface area contributed by atoms with Gasteiger partial charge in [0.2, 0.25) is 0 Å². The molecule has 140 valence electrons. The summed E-state index contributed by atoms with van der Waals surface area (Å²) in [6.45, 7) is 2.43. The zero-order chi connectivity index (χ0) is 19.3. The monoisotopic (exact) mass is 368 g/mol. The second kappa shape index (κ2) is 6.41. The van der Waals surface area contributed by atoms with Crippen molar-refractivity contribution in [2.75, 3.05) is 0 Å². The van der Waals surface area contributed by atoms with Crippen LogP contribution in [0.4, 0.5) is 0 Å². The summed E-state index contributed by atoms with van der Waals surface area (Å²) in [5.41, 5.74) is 6.97. The van der Waals surface area contributed by atoms with Gasteiger partial charge in [-0.25, -0.2) is 0 Å². The lowest BCUT2D eigenvalue weighted by Crippen LogP contribution is -2.40. The minimum atomic E-state index is 0.164. The molecule has 0 aliphatic heterocycles. The van der Waals surface area contributed by atoms with Crippen LogP contribution in [0.5, 0.6) is 0 Å². The Hall–Kier alpha value is -2.73. The predicted molar refractivity (Wildman–Crippen MR) is 109 cm³/mol. The second-order valence-corrected chi connectivity index (χ2v) is 8.88. The SMILES string of the molecule is CC12CCC3c4ccc(C=O)cc4CCC3C1CC=C2c1cncc(C#N)c1. The number of aryl methyl sites for hydroxylation is 1. The lowest BCUT2D eigenvalue weighted by atomic mass is 9.54. The van der Waals surface area contributed by atoms with Gasteiger partial charge in [0, 0.05) is 18.0 Å². The zero-order valence-corrected chi connectivity index (χ0v) is 16.2. The van der Waals surface area contributed by atoms with E-state index in [4.69, 9.17) is 0 Å². The maximum atomic E-state index is 11.2. The summed E-state index contributed by atoms with van der Waals surface area (Å²) < 4.78 is 0. The molecule has 1 aromatic heterocycles. The molecular weight excluding hydrogens is 344 g/mol. The first-order valence-corrected chi connectivity index (χ1v) is 10.3.